The third-order valence-electron chi connectivity index (χ3n) is 4.46. The Balaban J connectivity index is 1.74. The van der Waals surface area contributed by atoms with Gasteiger partial charge in [-0.15, -0.1) is 0 Å². The summed E-state index contributed by atoms with van der Waals surface area (Å²) in [7, 11) is 0. The molecule has 1 N–H and O–H groups in total. The van der Waals surface area contributed by atoms with Crippen LogP contribution in [-0.2, 0) is 11.3 Å². The van der Waals surface area contributed by atoms with Crippen molar-refractivity contribution >= 4 is 5.91 Å². The van der Waals surface area contributed by atoms with Gasteiger partial charge in [-0.05, 0) is 30.5 Å². The van der Waals surface area contributed by atoms with Gasteiger partial charge in [0.1, 0.15) is 0 Å². The molecule has 1 atom stereocenters. The number of carbonyl (C=O) groups excluding carboxylic acids is 1. The normalized spacial score (nSPS) is 11.8. The molecule has 0 unspecified atom stereocenters. The number of rotatable bonds is 6. The molecule has 0 saturated carbocycles. The highest BCUT2D eigenvalue weighted by Crippen LogP contribution is 2.30. The molecule has 0 fully saturated rings. The monoisotopic (exact) mass is 345 g/mol. The third kappa shape index (κ3) is 4.54. The number of hydrogen-bond donors (Lipinski definition) is 1. The van der Waals surface area contributed by atoms with Gasteiger partial charge < -0.3 is 5.32 Å². The van der Waals surface area contributed by atoms with Crippen LogP contribution < -0.4 is 5.32 Å². The van der Waals surface area contributed by atoms with Gasteiger partial charge in [0, 0.05) is 18.5 Å². The van der Waals surface area contributed by atoms with Crippen LogP contribution >= 0.6 is 0 Å². The van der Waals surface area contributed by atoms with Crippen LogP contribution in [0.1, 0.15) is 40.4 Å². The molecule has 1 amide bonds. The molecule has 0 bridgehead atoms. The molecule has 3 rings (SSSR count). The van der Waals surface area contributed by atoms with Gasteiger partial charge >= 0.3 is 0 Å². The molecular weight excluding hydrogens is 322 g/mol. The number of aromatic nitrogens is 2. The van der Waals surface area contributed by atoms with E-state index in [-0.39, 0.29) is 11.8 Å². The molecule has 1 aromatic heterocycles. The van der Waals surface area contributed by atoms with E-state index in [1.165, 1.54) is 11.1 Å². The summed E-state index contributed by atoms with van der Waals surface area (Å²) in [6.07, 6.45) is 3.81. The van der Waals surface area contributed by atoms with E-state index in [9.17, 15) is 4.79 Å². The fourth-order valence-corrected chi connectivity index (χ4v) is 3.03. The topological polar surface area (TPSA) is 54.9 Å². The molecule has 1 heterocycles. The zero-order chi connectivity index (χ0) is 18.4. The summed E-state index contributed by atoms with van der Waals surface area (Å²) < 4.78 is 0. The smallest absolute Gasteiger partial charge is 0.221 e. The highest BCUT2D eigenvalue weighted by Gasteiger charge is 2.19. The van der Waals surface area contributed by atoms with Gasteiger partial charge in [0.05, 0.1) is 24.1 Å². The van der Waals surface area contributed by atoms with E-state index in [1.807, 2.05) is 37.3 Å². The van der Waals surface area contributed by atoms with Gasteiger partial charge in [0.25, 0.3) is 0 Å². The molecular formula is C22H23N3O. The standard InChI is InChI=1S/C22H23N3O/c1-16-8-6-7-11-20(16)21(18-9-4-3-5-10-18)12-22(26)25-15-19-14-23-17(2)13-24-19/h3-11,13-14,21H,12,15H2,1-2H3,(H,25,26)/t21-/m1/s1. The quantitative estimate of drug-likeness (QED) is 0.736. The van der Waals surface area contributed by atoms with Crippen molar-refractivity contribution in [3.8, 4) is 0 Å². The lowest BCUT2D eigenvalue weighted by Gasteiger charge is -2.20. The summed E-state index contributed by atoms with van der Waals surface area (Å²) in [4.78, 5) is 21.1. The van der Waals surface area contributed by atoms with Crippen molar-refractivity contribution in [2.75, 3.05) is 0 Å². The molecule has 0 saturated heterocycles. The Labute approximate surface area is 154 Å². The number of benzene rings is 2. The molecule has 26 heavy (non-hydrogen) atoms. The second-order valence-electron chi connectivity index (χ2n) is 6.45. The van der Waals surface area contributed by atoms with Crippen molar-refractivity contribution in [3.05, 3.63) is 95.1 Å². The lowest BCUT2D eigenvalue weighted by molar-refractivity contribution is -0.121. The number of nitrogens with zero attached hydrogens (tertiary/aromatic N) is 2. The molecule has 0 aliphatic heterocycles. The van der Waals surface area contributed by atoms with Crippen molar-refractivity contribution in [1.29, 1.82) is 0 Å². The maximum Gasteiger partial charge on any atom is 0.221 e. The fourth-order valence-electron chi connectivity index (χ4n) is 3.03. The second-order valence-corrected chi connectivity index (χ2v) is 6.45. The second kappa shape index (κ2) is 8.39. The minimum absolute atomic E-state index is 0.00415. The van der Waals surface area contributed by atoms with Gasteiger partial charge in [-0.1, -0.05) is 54.6 Å². The Hall–Kier alpha value is -3.01. The summed E-state index contributed by atoms with van der Waals surface area (Å²) >= 11 is 0. The molecule has 4 heteroatoms. The molecule has 0 aliphatic carbocycles. The predicted molar refractivity (Wildman–Crippen MR) is 103 cm³/mol. The van der Waals surface area contributed by atoms with Crippen molar-refractivity contribution in [2.45, 2.75) is 32.7 Å². The van der Waals surface area contributed by atoms with Crippen molar-refractivity contribution in [3.63, 3.8) is 0 Å². The number of aryl methyl sites for hydroxylation is 2. The first-order valence-electron chi connectivity index (χ1n) is 8.78. The summed E-state index contributed by atoms with van der Waals surface area (Å²) in [6.45, 7) is 4.37. The van der Waals surface area contributed by atoms with Gasteiger partial charge in [0.2, 0.25) is 5.91 Å². The Morgan fingerprint density at radius 2 is 1.69 bits per heavy atom. The Kier molecular flexibility index (Phi) is 5.74. The number of carbonyl (C=O) groups is 1. The maximum atomic E-state index is 12.6. The van der Waals surface area contributed by atoms with Crippen molar-refractivity contribution in [2.24, 2.45) is 0 Å². The lowest BCUT2D eigenvalue weighted by atomic mass is 9.86. The molecule has 0 spiro atoms. The van der Waals surface area contributed by atoms with Gasteiger partial charge in [-0.2, -0.15) is 0 Å². The van der Waals surface area contributed by atoms with Gasteiger partial charge in [-0.25, -0.2) is 0 Å². The average Bonchev–Trinajstić information content (AvgIpc) is 2.67. The summed E-state index contributed by atoms with van der Waals surface area (Å²) in [5.74, 6) is 0.0333. The van der Waals surface area contributed by atoms with E-state index in [1.54, 1.807) is 12.4 Å². The van der Waals surface area contributed by atoms with Crippen molar-refractivity contribution in [1.82, 2.24) is 15.3 Å². The largest absolute Gasteiger partial charge is 0.350 e. The fraction of sp³-hybridized carbons (Fsp3) is 0.227. The molecule has 132 valence electrons. The molecule has 0 radical (unpaired) electrons. The van der Waals surface area contributed by atoms with Crippen LogP contribution in [0.4, 0.5) is 0 Å². The van der Waals surface area contributed by atoms with Crippen LogP contribution in [0, 0.1) is 13.8 Å². The average molecular weight is 345 g/mol. The van der Waals surface area contributed by atoms with Crippen LogP contribution in [0.2, 0.25) is 0 Å². The van der Waals surface area contributed by atoms with Crippen LogP contribution in [0.3, 0.4) is 0 Å². The minimum atomic E-state index is 0.00415. The third-order valence-corrected chi connectivity index (χ3v) is 4.46. The molecule has 3 aromatic rings. The first-order valence-corrected chi connectivity index (χ1v) is 8.78. The number of nitrogens with one attached hydrogen (secondary N) is 1. The SMILES string of the molecule is Cc1cnc(CNC(=O)C[C@H](c2ccccc2)c2ccccc2C)cn1. The van der Waals surface area contributed by atoms with E-state index in [0.29, 0.717) is 13.0 Å². The first kappa shape index (κ1) is 17.8. The highest BCUT2D eigenvalue weighted by molar-refractivity contribution is 5.77. The first-order chi connectivity index (χ1) is 12.6. The van der Waals surface area contributed by atoms with E-state index in [0.717, 1.165) is 17.0 Å². The van der Waals surface area contributed by atoms with E-state index >= 15 is 0 Å². The molecule has 2 aromatic carbocycles. The number of amides is 1. The number of hydrogen-bond acceptors (Lipinski definition) is 3. The Morgan fingerprint density at radius 3 is 2.38 bits per heavy atom. The van der Waals surface area contributed by atoms with Crippen LogP contribution in [-0.4, -0.2) is 15.9 Å². The van der Waals surface area contributed by atoms with Crippen LogP contribution in [0.25, 0.3) is 0 Å². The molecule has 4 nitrogen and oxygen atoms in total. The van der Waals surface area contributed by atoms with Crippen molar-refractivity contribution < 1.29 is 4.79 Å². The van der Waals surface area contributed by atoms with Gasteiger partial charge in [0.15, 0.2) is 0 Å². The summed E-state index contributed by atoms with van der Waals surface area (Å²) in [5.41, 5.74) is 5.15. The zero-order valence-corrected chi connectivity index (χ0v) is 15.1. The predicted octanol–water partition coefficient (Wildman–Crippen LogP) is 3.93. The zero-order valence-electron chi connectivity index (χ0n) is 15.1. The highest BCUT2D eigenvalue weighted by atomic mass is 16.1. The van der Waals surface area contributed by atoms with Gasteiger partial charge in [-0.3, -0.25) is 14.8 Å². The van der Waals surface area contributed by atoms with Crippen LogP contribution in [0.5, 0.6) is 0 Å². The Bertz CT molecular complexity index is 860. The van der Waals surface area contributed by atoms with E-state index in [2.05, 4.69) is 46.5 Å². The molecule has 0 aliphatic rings. The van der Waals surface area contributed by atoms with Crippen LogP contribution in [0.15, 0.2) is 67.0 Å². The minimum Gasteiger partial charge on any atom is -0.350 e. The summed E-state index contributed by atoms with van der Waals surface area (Å²) in [6, 6.07) is 18.4. The van der Waals surface area contributed by atoms with E-state index < -0.39 is 0 Å². The lowest BCUT2D eigenvalue weighted by Crippen LogP contribution is -2.25. The maximum absolute atomic E-state index is 12.6. The summed E-state index contributed by atoms with van der Waals surface area (Å²) in [5, 5.41) is 2.97. The Morgan fingerprint density at radius 1 is 0.962 bits per heavy atom. The van der Waals surface area contributed by atoms with E-state index in [4.69, 9.17) is 0 Å².